The van der Waals surface area contributed by atoms with E-state index in [1.165, 1.54) is 24.9 Å². The first-order chi connectivity index (χ1) is 7.78. The van der Waals surface area contributed by atoms with Gasteiger partial charge in [-0.05, 0) is 37.1 Å². The van der Waals surface area contributed by atoms with E-state index in [1.807, 2.05) is 12.1 Å². The van der Waals surface area contributed by atoms with Crippen LogP contribution < -0.4 is 4.74 Å². The van der Waals surface area contributed by atoms with Crippen LogP contribution in [0.15, 0.2) is 24.3 Å². The van der Waals surface area contributed by atoms with Gasteiger partial charge in [-0.1, -0.05) is 28.1 Å². The zero-order valence-electron chi connectivity index (χ0n) is 9.66. The van der Waals surface area contributed by atoms with Gasteiger partial charge in [-0.3, -0.25) is 4.90 Å². The fraction of sp³-hybridized carbons (Fsp3) is 0.538. The molecule has 88 valence electrons. The van der Waals surface area contributed by atoms with Gasteiger partial charge in [0.2, 0.25) is 0 Å². The van der Waals surface area contributed by atoms with E-state index in [1.54, 1.807) is 7.11 Å². The van der Waals surface area contributed by atoms with E-state index in [0.29, 0.717) is 4.83 Å². The molecule has 2 rings (SSSR count). The van der Waals surface area contributed by atoms with Crippen LogP contribution in [0.4, 0.5) is 0 Å². The molecule has 1 fully saturated rings. The van der Waals surface area contributed by atoms with Gasteiger partial charge in [0.05, 0.1) is 7.11 Å². The Balaban J connectivity index is 1.92. The molecule has 1 aromatic carbocycles. The minimum Gasteiger partial charge on any atom is -0.497 e. The molecule has 1 unspecified atom stereocenters. The molecule has 1 atom stereocenters. The minimum absolute atomic E-state index is 0.666. The van der Waals surface area contributed by atoms with Crippen LogP contribution in [0.3, 0.4) is 0 Å². The second kappa shape index (κ2) is 5.69. The molecule has 1 aromatic rings. The second-order valence-electron chi connectivity index (χ2n) is 4.32. The highest BCUT2D eigenvalue weighted by Gasteiger charge is 2.17. The topological polar surface area (TPSA) is 12.5 Å². The number of halogens is 1. The normalized spacial score (nSPS) is 22.0. The molecule has 1 saturated heterocycles. The van der Waals surface area contributed by atoms with Crippen molar-refractivity contribution < 1.29 is 4.74 Å². The SMILES string of the molecule is COc1ccc(CN2CCCC(Br)C2)cc1. The van der Waals surface area contributed by atoms with Gasteiger partial charge >= 0.3 is 0 Å². The molecule has 0 saturated carbocycles. The van der Waals surface area contributed by atoms with E-state index >= 15 is 0 Å². The number of hydrogen-bond acceptors (Lipinski definition) is 2. The van der Waals surface area contributed by atoms with E-state index in [9.17, 15) is 0 Å². The van der Waals surface area contributed by atoms with Gasteiger partial charge in [-0.15, -0.1) is 0 Å². The molecule has 0 radical (unpaired) electrons. The number of likely N-dealkylation sites (tertiary alicyclic amines) is 1. The van der Waals surface area contributed by atoms with Crippen LogP contribution in [0, 0.1) is 0 Å². The van der Waals surface area contributed by atoms with E-state index in [0.717, 1.165) is 18.8 Å². The Bertz CT molecular complexity index is 325. The quantitative estimate of drug-likeness (QED) is 0.791. The molecule has 0 N–H and O–H groups in total. The lowest BCUT2D eigenvalue weighted by molar-refractivity contribution is 0.228. The maximum atomic E-state index is 5.16. The maximum absolute atomic E-state index is 5.16. The van der Waals surface area contributed by atoms with Crippen LogP contribution in [0.1, 0.15) is 18.4 Å². The Kier molecular flexibility index (Phi) is 4.24. The number of piperidine rings is 1. The zero-order chi connectivity index (χ0) is 11.4. The van der Waals surface area contributed by atoms with Gasteiger partial charge in [-0.2, -0.15) is 0 Å². The zero-order valence-corrected chi connectivity index (χ0v) is 11.2. The van der Waals surface area contributed by atoms with Crippen LogP contribution in [-0.2, 0) is 6.54 Å². The third-order valence-electron chi connectivity index (χ3n) is 3.01. The summed E-state index contributed by atoms with van der Waals surface area (Å²) in [4.78, 5) is 3.17. The Labute approximate surface area is 106 Å². The van der Waals surface area contributed by atoms with Crippen LogP contribution in [0.2, 0.25) is 0 Å². The van der Waals surface area contributed by atoms with Gasteiger partial charge in [0.15, 0.2) is 0 Å². The Hall–Kier alpha value is -0.540. The van der Waals surface area contributed by atoms with E-state index in [-0.39, 0.29) is 0 Å². The van der Waals surface area contributed by atoms with Gasteiger partial charge in [0, 0.05) is 17.9 Å². The first kappa shape index (κ1) is 11.9. The van der Waals surface area contributed by atoms with Gasteiger partial charge in [0.1, 0.15) is 5.75 Å². The largest absolute Gasteiger partial charge is 0.497 e. The lowest BCUT2D eigenvalue weighted by atomic mass is 10.1. The van der Waals surface area contributed by atoms with Gasteiger partial charge < -0.3 is 4.74 Å². The maximum Gasteiger partial charge on any atom is 0.118 e. The highest BCUT2D eigenvalue weighted by Crippen LogP contribution is 2.19. The predicted octanol–water partition coefficient (Wildman–Crippen LogP) is 3.05. The van der Waals surface area contributed by atoms with Crippen molar-refractivity contribution in [1.29, 1.82) is 0 Å². The van der Waals surface area contributed by atoms with E-state index in [4.69, 9.17) is 4.74 Å². The molecule has 0 amide bonds. The highest BCUT2D eigenvalue weighted by molar-refractivity contribution is 9.09. The first-order valence-corrected chi connectivity index (χ1v) is 6.69. The summed E-state index contributed by atoms with van der Waals surface area (Å²) in [6, 6.07) is 8.36. The fourth-order valence-corrected chi connectivity index (χ4v) is 2.87. The summed E-state index contributed by atoms with van der Waals surface area (Å²) in [5.74, 6) is 0.931. The van der Waals surface area contributed by atoms with Crippen LogP contribution in [0.5, 0.6) is 5.75 Å². The Morgan fingerprint density at radius 1 is 1.38 bits per heavy atom. The third kappa shape index (κ3) is 3.22. The molecule has 2 nitrogen and oxygen atoms in total. The molecule has 3 heteroatoms. The van der Waals surface area contributed by atoms with Crippen LogP contribution in [-0.4, -0.2) is 29.9 Å². The Morgan fingerprint density at radius 2 is 2.12 bits per heavy atom. The van der Waals surface area contributed by atoms with Crippen molar-refractivity contribution in [3.63, 3.8) is 0 Å². The molecule has 1 aliphatic heterocycles. The van der Waals surface area contributed by atoms with Crippen molar-refractivity contribution in [2.24, 2.45) is 0 Å². The number of nitrogens with zero attached hydrogens (tertiary/aromatic N) is 1. The number of benzene rings is 1. The molecule has 0 aliphatic carbocycles. The summed E-state index contributed by atoms with van der Waals surface area (Å²) in [5.41, 5.74) is 1.36. The number of ether oxygens (including phenoxy) is 1. The molecule has 0 aromatic heterocycles. The van der Waals surface area contributed by atoms with Crippen molar-refractivity contribution in [1.82, 2.24) is 4.90 Å². The van der Waals surface area contributed by atoms with Gasteiger partial charge in [-0.25, -0.2) is 0 Å². The number of hydrogen-bond donors (Lipinski definition) is 0. The molecule has 0 bridgehead atoms. The monoisotopic (exact) mass is 283 g/mol. The second-order valence-corrected chi connectivity index (χ2v) is 5.62. The number of rotatable bonds is 3. The average Bonchev–Trinajstić information content (AvgIpc) is 2.30. The third-order valence-corrected chi connectivity index (χ3v) is 3.76. The van der Waals surface area contributed by atoms with Gasteiger partial charge in [0.25, 0.3) is 0 Å². The summed E-state index contributed by atoms with van der Waals surface area (Å²) in [6.45, 7) is 3.42. The molecular formula is C13H18BrNO. The minimum atomic E-state index is 0.666. The fourth-order valence-electron chi connectivity index (χ4n) is 2.13. The predicted molar refractivity (Wildman–Crippen MR) is 70.2 cm³/mol. The smallest absolute Gasteiger partial charge is 0.118 e. The summed E-state index contributed by atoms with van der Waals surface area (Å²) >= 11 is 3.70. The van der Waals surface area contributed by atoms with Crippen molar-refractivity contribution in [3.8, 4) is 5.75 Å². The van der Waals surface area contributed by atoms with E-state index in [2.05, 4.69) is 33.0 Å². The number of methoxy groups -OCH3 is 1. The van der Waals surface area contributed by atoms with Crippen molar-refractivity contribution in [3.05, 3.63) is 29.8 Å². The average molecular weight is 284 g/mol. The van der Waals surface area contributed by atoms with Crippen LogP contribution >= 0.6 is 15.9 Å². The van der Waals surface area contributed by atoms with Crippen molar-refractivity contribution in [2.75, 3.05) is 20.2 Å². The summed E-state index contributed by atoms with van der Waals surface area (Å²) in [6.07, 6.45) is 2.60. The van der Waals surface area contributed by atoms with Crippen molar-refractivity contribution >= 4 is 15.9 Å². The molecule has 1 aliphatic rings. The highest BCUT2D eigenvalue weighted by atomic mass is 79.9. The summed E-state index contributed by atoms with van der Waals surface area (Å²) < 4.78 is 5.16. The molecule has 1 heterocycles. The first-order valence-electron chi connectivity index (χ1n) is 5.77. The van der Waals surface area contributed by atoms with Crippen LogP contribution in [0.25, 0.3) is 0 Å². The molecule has 0 spiro atoms. The lowest BCUT2D eigenvalue weighted by Gasteiger charge is -2.29. The standard InChI is InChI=1S/C13H18BrNO/c1-16-13-6-4-11(5-7-13)9-15-8-2-3-12(14)10-15/h4-7,12H,2-3,8-10H2,1H3. The number of alkyl halides is 1. The summed E-state index contributed by atoms with van der Waals surface area (Å²) in [7, 11) is 1.70. The molecule has 16 heavy (non-hydrogen) atoms. The summed E-state index contributed by atoms with van der Waals surface area (Å²) in [5, 5.41) is 0. The Morgan fingerprint density at radius 3 is 2.75 bits per heavy atom. The van der Waals surface area contributed by atoms with Crippen molar-refractivity contribution in [2.45, 2.75) is 24.2 Å². The van der Waals surface area contributed by atoms with E-state index < -0.39 is 0 Å². The molecular weight excluding hydrogens is 266 g/mol. The lowest BCUT2D eigenvalue weighted by Crippen LogP contribution is -2.35.